The van der Waals surface area contributed by atoms with Crippen LogP contribution in [0.4, 0.5) is 0 Å². The fraction of sp³-hybridized carbons (Fsp3) is 0.312. The summed E-state index contributed by atoms with van der Waals surface area (Å²) in [6.45, 7) is 3.05. The molecule has 0 spiro atoms. The third-order valence-corrected chi connectivity index (χ3v) is 4.47. The summed E-state index contributed by atoms with van der Waals surface area (Å²) in [7, 11) is 1.84. The van der Waals surface area contributed by atoms with Gasteiger partial charge in [0.2, 0.25) is 5.91 Å². The third-order valence-electron chi connectivity index (χ3n) is 3.46. The van der Waals surface area contributed by atoms with Crippen LogP contribution in [0.25, 0.3) is 0 Å². The molecule has 2 N–H and O–H groups in total. The summed E-state index contributed by atoms with van der Waals surface area (Å²) in [5.74, 6) is -0.187. The molecule has 0 aliphatic carbocycles. The number of nitrogens with two attached hydrogens (primary N) is 1. The maximum Gasteiger partial charge on any atom is 0.231 e. The third kappa shape index (κ3) is 3.26. The number of carbonyl (C=O) groups is 1. The first-order valence-electron chi connectivity index (χ1n) is 6.66. The van der Waals surface area contributed by atoms with Gasteiger partial charge >= 0.3 is 0 Å². The normalized spacial score (nSPS) is 12.2. The lowest BCUT2D eigenvalue weighted by molar-refractivity contribution is -0.131. The highest BCUT2D eigenvalue weighted by molar-refractivity contribution is 7.10. The van der Waals surface area contributed by atoms with Gasteiger partial charge in [-0.3, -0.25) is 4.79 Å². The van der Waals surface area contributed by atoms with Crippen molar-refractivity contribution in [2.75, 3.05) is 13.6 Å². The zero-order valence-electron chi connectivity index (χ0n) is 11.9. The summed E-state index contributed by atoms with van der Waals surface area (Å²) in [4.78, 5) is 15.6. The monoisotopic (exact) mass is 288 g/mol. The van der Waals surface area contributed by atoms with E-state index >= 15 is 0 Å². The minimum Gasteiger partial charge on any atom is -0.340 e. The lowest BCUT2D eigenvalue weighted by Gasteiger charge is -2.23. The van der Waals surface area contributed by atoms with E-state index in [0.717, 1.165) is 5.56 Å². The van der Waals surface area contributed by atoms with Gasteiger partial charge < -0.3 is 10.6 Å². The standard InChI is InChI=1S/C16H20N2OS/c1-12-8-9-20-15(12)11-18(2)16(19)14(10-17)13-6-4-3-5-7-13/h3-9,14H,10-11,17H2,1-2H3/t14-/m1/s1. The average Bonchev–Trinajstić information content (AvgIpc) is 2.86. The first kappa shape index (κ1) is 14.8. The second-order valence-corrected chi connectivity index (χ2v) is 5.92. The molecule has 0 bridgehead atoms. The van der Waals surface area contributed by atoms with Gasteiger partial charge in [-0.15, -0.1) is 11.3 Å². The topological polar surface area (TPSA) is 46.3 Å². The summed E-state index contributed by atoms with van der Waals surface area (Å²) in [6.07, 6.45) is 0. The van der Waals surface area contributed by atoms with Gasteiger partial charge in [0.15, 0.2) is 0 Å². The Balaban J connectivity index is 2.11. The first-order chi connectivity index (χ1) is 9.63. The Morgan fingerprint density at radius 1 is 1.30 bits per heavy atom. The average molecular weight is 288 g/mol. The fourth-order valence-corrected chi connectivity index (χ4v) is 3.15. The van der Waals surface area contributed by atoms with Gasteiger partial charge in [-0.2, -0.15) is 0 Å². The number of hydrogen-bond donors (Lipinski definition) is 1. The lowest BCUT2D eigenvalue weighted by Crippen LogP contribution is -2.34. The highest BCUT2D eigenvalue weighted by Crippen LogP contribution is 2.21. The number of hydrogen-bond acceptors (Lipinski definition) is 3. The van der Waals surface area contributed by atoms with Gasteiger partial charge in [-0.25, -0.2) is 0 Å². The number of thiophene rings is 1. The van der Waals surface area contributed by atoms with Crippen molar-refractivity contribution in [2.45, 2.75) is 19.4 Å². The molecule has 1 aromatic carbocycles. The van der Waals surface area contributed by atoms with E-state index in [0.29, 0.717) is 13.1 Å². The number of carbonyl (C=O) groups excluding carboxylic acids is 1. The van der Waals surface area contributed by atoms with E-state index in [1.807, 2.05) is 37.4 Å². The maximum absolute atomic E-state index is 12.6. The number of aryl methyl sites for hydroxylation is 1. The largest absolute Gasteiger partial charge is 0.340 e. The van der Waals surface area contributed by atoms with Crippen LogP contribution < -0.4 is 5.73 Å². The van der Waals surface area contributed by atoms with Crippen molar-refractivity contribution in [1.82, 2.24) is 4.90 Å². The molecule has 2 aromatic rings. The number of amides is 1. The predicted molar refractivity (Wildman–Crippen MR) is 83.8 cm³/mol. The van der Waals surface area contributed by atoms with E-state index in [9.17, 15) is 4.79 Å². The van der Waals surface area contributed by atoms with E-state index in [4.69, 9.17) is 5.73 Å². The van der Waals surface area contributed by atoms with Crippen LogP contribution in [-0.2, 0) is 11.3 Å². The minimum atomic E-state index is -0.263. The highest BCUT2D eigenvalue weighted by atomic mass is 32.1. The van der Waals surface area contributed by atoms with Crippen molar-refractivity contribution in [1.29, 1.82) is 0 Å². The maximum atomic E-state index is 12.6. The molecule has 0 unspecified atom stereocenters. The molecule has 0 aliphatic rings. The molecule has 0 aliphatic heterocycles. The molecule has 0 radical (unpaired) electrons. The predicted octanol–water partition coefficient (Wildman–Crippen LogP) is 2.76. The first-order valence-corrected chi connectivity index (χ1v) is 7.54. The minimum absolute atomic E-state index is 0.0755. The molecule has 0 saturated carbocycles. The van der Waals surface area contributed by atoms with Crippen LogP contribution in [0.2, 0.25) is 0 Å². The van der Waals surface area contributed by atoms with Crippen LogP contribution in [0.3, 0.4) is 0 Å². The molecule has 1 atom stereocenters. The number of likely N-dealkylation sites (N-methyl/N-ethyl adjacent to an activating group) is 1. The van der Waals surface area contributed by atoms with Crippen molar-refractivity contribution >= 4 is 17.2 Å². The van der Waals surface area contributed by atoms with E-state index in [1.54, 1.807) is 16.2 Å². The van der Waals surface area contributed by atoms with Crippen LogP contribution in [0.1, 0.15) is 21.9 Å². The van der Waals surface area contributed by atoms with E-state index in [1.165, 1.54) is 10.4 Å². The molecule has 0 fully saturated rings. The molecule has 2 rings (SSSR count). The number of nitrogens with zero attached hydrogens (tertiary/aromatic N) is 1. The smallest absolute Gasteiger partial charge is 0.231 e. The van der Waals surface area contributed by atoms with Crippen LogP contribution in [-0.4, -0.2) is 24.4 Å². The molecule has 20 heavy (non-hydrogen) atoms. The zero-order valence-corrected chi connectivity index (χ0v) is 12.7. The van der Waals surface area contributed by atoms with Gasteiger partial charge in [0.25, 0.3) is 0 Å². The summed E-state index contributed by atoms with van der Waals surface area (Å²) in [5.41, 5.74) is 8.02. The summed E-state index contributed by atoms with van der Waals surface area (Å²) < 4.78 is 0. The molecule has 106 valence electrons. The van der Waals surface area contributed by atoms with Crippen molar-refractivity contribution in [3.63, 3.8) is 0 Å². The molecule has 1 heterocycles. The van der Waals surface area contributed by atoms with Gasteiger partial charge in [-0.05, 0) is 29.5 Å². The molecule has 3 nitrogen and oxygen atoms in total. The molecule has 1 amide bonds. The second kappa shape index (κ2) is 6.68. The van der Waals surface area contributed by atoms with Crippen molar-refractivity contribution in [2.24, 2.45) is 5.73 Å². The zero-order chi connectivity index (χ0) is 14.5. The molecular weight excluding hydrogens is 268 g/mol. The Bertz CT molecular complexity index is 565. The van der Waals surface area contributed by atoms with Crippen molar-refractivity contribution in [3.8, 4) is 0 Å². The Hall–Kier alpha value is -1.65. The molecule has 4 heteroatoms. The van der Waals surface area contributed by atoms with Crippen LogP contribution in [0.5, 0.6) is 0 Å². The second-order valence-electron chi connectivity index (χ2n) is 4.92. The van der Waals surface area contributed by atoms with Gasteiger partial charge in [0.05, 0.1) is 12.5 Å². The van der Waals surface area contributed by atoms with E-state index in [-0.39, 0.29) is 11.8 Å². The van der Waals surface area contributed by atoms with E-state index in [2.05, 4.69) is 18.4 Å². The van der Waals surface area contributed by atoms with Crippen LogP contribution in [0.15, 0.2) is 41.8 Å². The molecule has 0 saturated heterocycles. The molecular formula is C16H20N2OS. The summed E-state index contributed by atoms with van der Waals surface area (Å²) in [6, 6.07) is 11.8. The summed E-state index contributed by atoms with van der Waals surface area (Å²) >= 11 is 1.69. The Labute approximate surface area is 124 Å². The van der Waals surface area contributed by atoms with Gasteiger partial charge in [0, 0.05) is 18.5 Å². The van der Waals surface area contributed by atoms with Crippen molar-refractivity contribution in [3.05, 3.63) is 57.8 Å². The number of benzene rings is 1. The SMILES string of the molecule is Cc1ccsc1CN(C)C(=O)[C@H](CN)c1ccccc1. The van der Waals surface area contributed by atoms with Gasteiger partial charge in [0.1, 0.15) is 0 Å². The van der Waals surface area contributed by atoms with Crippen molar-refractivity contribution < 1.29 is 4.79 Å². The Morgan fingerprint density at radius 2 is 2.00 bits per heavy atom. The fourth-order valence-electron chi connectivity index (χ4n) is 2.19. The van der Waals surface area contributed by atoms with Crippen LogP contribution >= 0.6 is 11.3 Å². The van der Waals surface area contributed by atoms with E-state index < -0.39 is 0 Å². The summed E-state index contributed by atoms with van der Waals surface area (Å²) in [5, 5.41) is 2.06. The lowest BCUT2D eigenvalue weighted by atomic mass is 9.98. The quantitative estimate of drug-likeness (QED) is 0.919. The number of rotatable bonds is 5. The molecule has 1 aromatic heterocycles. The Morgan fingerprint density at radius 3 is 2.55 bits per heavy atom. The highest BCUT2D eigenvalue weighted by Gasteiger charge is 2.22. The van der Waals surface area contributed by atoms with Crippen LogP contribution in [0, 0.1) is 6.92 Å². The Kier molecular flexibility index (Phi) is 4.93. The van der Waals surface area contributed by atoms with Gasteiger partial charge in [-0.1, -0.05) is 30.3 Å².